The molecule has 1 N–H and O–H groups in total. The van der Waals surface area contributed by atoms with Crippen molar-refractivity contribution in [3.8, 4) is 5.75 Å². The van der Waals surface area contributed by atoms with Gasteiger partial charge in [-0.05, 0) is 30.5 Å². The van der Waals surface area contributed by atoms with Crippen LogP contribution in [0.4, 0.5) is 5.69 Å². The summed E-state index contributed by atoms with van der Waals surface area (Å²) >= 11 is 0. The van der Waals surface area contributed by atoms with Crippen LogP contribution in [0, 0.1) is 0 Å². The molecule has 0 saturated heterocycles. The zero-order valence-corrected chi connectivity index (χ0v) is 14.2. The Kier molecular flexibility index (Phi) is 5.65. The van der Waals surface area contributed by atoms with Crippen molar-refractivity contribution in [3.05, 3.63) is 72.3 Å². The van der Waals surface area contributed by atoms with Crippen LogP contribution in [0.15, 0.2) is 66.7 Å². The average molecular weight is 335 g/mol. The number of para-hydroxylation sites is 1. The third-order valence-corrected chi connectivity index (χ3v) is 3.86. The Morgan fingerprint density at radius 2 is 1.68 bits per heavy atom. The SMILES string of the molecule is CCOCCOc1ccccc1C(=O)Nc1cccc2ccccc12. The van der Waals surface area contributed by atoms with E-state index in [1.807, 2.05) is 61.5 Å². The maximum Gasteiger partial charge on any atom is 0.259 e. The third kappa shape index (κ3) is 4.17. The monoisotopic (exact) mass is 335 g/mol. The van der Waals surface area contributed by atoms with Crippen LogP contribution in [0.3, 0.4) is 0 Å². The summed E-state index contributed by atoms with van der Waals surface area (Å²) in [4.78, 5) is 12.7. The lowest BCUT2D eigenvalue weighted by atomic mass is 10.1. The first-order valence-electron chi connectivity index (χ1n) is 8.38. The fraction of sp³-hybridized carbons (Fsp3) is 0.190. The van der Waals surface area contributed by atoms with Crippen LogP contribution in [0.1, 0.15) is 17.3 Å². The van der Waals surface area contributed by atoms with Crippen molar-refractivity contribution in [3.63, 3.8) is 0 Å². The summed E-state index contributed by atoms with van der Waals surface area (Å²) in [7, 11) is 0. The Balaban J connectivity index is 1.79. The van der Waals surface area contributed by atoms with Crippen LogP contribution in [0.2, 0.25) is 0 Å². The topological polar surface area (TPSA) is 47.6 Å². The fourth-order valence-corrected chi connectivity index (χ4v) is 2.66. The predicted molar refractivity (Wildman–Crippen MR) is 100 cm³/mol. The standard InChI is InChI=1S/C21H21NO3/c1-2-24-14-15-25-20-13-6-5-11-18(20)21(23)22-19-12-7-9-16-8-3-4-10-17(16)19/h3-13H,2,14-15H2,1H3,(H,22,23). The number of rotatable bonds is 7. The van der Waals surface area contributed by atoms with Crippen LogP contribution in [-0.4, -0.2) is 25.7 Å². The van der Waals surface area contributed by atoms with E-state index in [0.717, 1.165) is 16.5 Å². The molecule has 0 saturated carbocycles. The Labute approximate surface area is 147 Å². The van der Waals surface area contributed by atoms with Gasteiger partial charge in [0.15, 0.2) is 0 Å². The first kappa shape index (κ1) is 17.0. The minimum absolute atomic E-state index is 0.191. The van der Waals surface area contributed by atoms with Gasteiger partial charge in [0.25, 0.3) is 5.91 Å². The highest BCUT2D eigenvalue weighted by Crippen LogP contribution is 2.25. The van der Waals surface area contributed by atoms with Gasteiger partial charge in [0.05, 0.1) is 12.2 Å². The van der Waals surface area contributed by atoms with E-state index in [1.165, 1.54) is 0 Å². The smallest absolute Gasteiger partial charge is 0.259 e. The number of anilines is 1. The van der Waals surface area contributed by atoms with Crippen molar-refractivity contribution in [1.82, 2.24) is 0 Å². The van der Waals surface area contributed by atoms with Gasteiger partial charge < -0.3 is 14.8 Å². The lowest BCUT2D eigenvalue weighted by Gasteiger charge is -2.13. The number of carbonyl (C=O) groups is 1. The van der Waals surface area contributed by atoms with Gasteiger partial charge in [-0.3, -0.25) is 4.79 Å². The highest BCUT2D eigenvalue weighted by Gasteiger charge is 2.13. The second-order valence-corrected chi connectivity index (χ2v) is 5.52. The molecule has 1 amide bonds. The molecular formula is C21H21NO3. The van der Waals surface area contributed by atoms with Gasteiger partial charge in [-0.15, -0.1) is 0 Å². The second kappa shape index (κ2) is 8.31. The largest absolute Gasteiger partial charge is 0.490 e. The molecular weight excluding hydrogens is 314 g/mol. The first-order chi connectivity index (χ1) is 12.3. The molecule has 0 aromatic heterocycles. The van der Waals surface area contributed by atoms with Crippen molar-refractivity contribution in [2.75, 3.05) is 25.1 Å². The number of ether oxygens (including phenoxy) is 2. The van der Waals surface area contributed by atoms with Crippen LogP contribution in [-0.2, 0) is 4.74 Å². The van der Waals surface area contributed by atoms with Gasteiger partial charge >= 0.3 is 0 Å². The molecule has 0 fully saturated rings. The van der Waals surface area contributed by atoms with E-state index < -0.39 is 0 Å². The Hall–Kier alpha value is -2.85. The zero-order valence-electron chi connectivity index (χ0n) is 14.2. The van der Waals surface area contributed by atoms with Crippen molar-refractivity contribution in [2.45, 2.75) is 6.92 Å². The van der Waals surface area contributed by atoms with Gasteiger partial charge in [0.2, 0.25) is 0 Å². The highest BCUT2D eigenvalue weighted by molar-refractivity contribution is 6.10. The van der Waals surface area contributed by atoms with Crippen molar-refractivity contribution in [2.24, 2.45) is 0 Å². The molecule has 0 aliphatic heterocycles. The molecule has 0 unspecified atom stereocenters. The van der Waals surface area contributed by atoms with E-state index in [2.05, 4.69) is 5.32 Å². The molecule has 3 aromatic carbocycles. The number of carbonyl (C=O) groups excluding carboxylic acids is 1. The predicted octanol–water partition coefficient (Wildman–Crippen LogP) is 4.51. The van der Waals surface area contributed by atoms with E-state index >= 15 is 0 Å². The summed E-state index contributed by atoms with van der Waals surface area (Å²) in [6.07, 6.45) is 0. The van der Waals surface area contributed by atoms with Gasteiger partial charge in [-0.25, -0.2) is 0 Å². The normalized spacial score (nSPS) is 10.6. The molecule has 0 heterocycles. The van der Waals surface area contributed by atoms with Crippen molar-refractivity contribution in [1.29, 1.82) is 0 Å². The summed E-state index contributed by atoms with van der Waals surface area (Å²) in [6, 6.07) is 21.1. The summed E-state index contributed by atoms with van der Waals surface area (Å²) < 4.78 is 11.0. The molecule has 4 heteroatoms. The van der Waals surface area contributed by atoms with Crippen LogP contribution >= 0.6 is 0 Å². The maximum absolute atomic E-state index is 12.7. The van der Waals surface area contributed by atoms with Gasteiger partial charge in [-0.1, -0.05) is 48.5 Å². The summed E-state index contributed by atoms with van der Waals surface area (Å²) in [5.74, 6) is 0.364. The van der Waals surface area contributed by atoms with E-state index in [9.17, 15) is 4.79 Å². The Morgan fingerprint density at radius 1 is 0.920 bits per heavy atom. The maximum atomic E-state index is 12.7. The van der Waals surface area contributed by atoms with Crippen LogP contribution < -0.4 is 10.1 Å². The number of hydrogen-bond acceptors (Lipinski definition) is 3. The molecule has 0 aliphatic rings. The fourth-order valence-electron chi connectivity index (χ4n) is 2.66. The molecule has 3 aromatic rings. The van der Waals surface area contributed by atoms with Crippen molar-refractivity contribution >= 4 is 22.4 Å². The number of fused-ring (bicyclic) bond motifs is 1. The third-order valence-electron chi connectivity index (χ3n) is 3.86. The van der Waals surface area contributed by atoms with Gasteiger partial charge in [-0.2, -0.15) is 0 Å². The lowest BCUT2D eigenvalue weighted by Crippen LogP contribution is -2.15. The Bertz CT molecular complexity index is 855. The van der Waals surface area contributed by atoms with E-state index in [1.54, 1.807) is 12.1 Å². The molecule has 0 spiro atoms. The minimum Gasteiger partial charge on any atom is -0.490 e. The van der Waals surface area contributed by atoms with E-state index in [0.29, 0.717) is 31.1 Å². The molecule has 128 valence electrons. The zero-order chi connectivity index (χ0) is 17.5. The molecule has 25 heavy (non-hydrogen) atoms. The highest BCUT2D eigenvalue weighted by atomic mass is 16.5. The quantitative estimate of drug-likeness (QED) is 0.646. The summed E-state index contributed by atoms with van der Waals surface area (Å²) in [6.45, 7) is 3.49. The second-order valence-electron chi connectivity index (χ2n) is 5.52. The minimum atomic E-state index is -0.191. The number of amides is 1. The molecule has 0 radical (unpaired) electrons. The lowest BCUT2D eigenvalue weighted by molar-refractivity contribution is 0.0998. The average Bonchev–Trinajstić information content (AvgIpc) is 2.66. The van der Waals surface area contributed by atoms with Crippen LogP contribution in [0.25, 0.3) is 10.8 Å². The molecule has 0 bridgehead atoms. The molecule has 4 nitrogen and oxygen atoms in total. The van der Waals surface area contributed by atoms with E-state index in [4.69, 9.17) is 9.47 Å². The molecule has 0 aliphatic carbocycles. The Morgan fingerprint density at radius 3 is 2.56 bits per heavy atom. The number of hydrogen-bond donors (Lipinski definition) is 1. The van der Waals surface area contributed by atoms with Gasteiger partial charge in [0, 0.05) is 17.7 Å². The number of nitrogens with one attached hydrogen (secondary N) is 1. The van der Waals surface area contributed by atoms with Crippen molar-refractivity contribution < 1.29 is 14.3 Å². The van der Waals surface area contributed by atoms with Gasteiger partial charge in [0.1, 0.15) is 12.4 Å². The van der Waals surface area contributed by atoms with E-state index in [-0.39, 0.29) is 5.91 Å². The summed E-state index contributed by atoms with van der Waals surface area (Å²) in [5.41, 5.74) is 1.29. The molecule has 3 rings (SSSR count). The summed E-state index contributed by atoms with van der Waals surface area (Å²) in [5, 5.41) is 5.09. The number of benzene rings is 3. The van der Waals surface area contributed by atoms with Crippen LogP contribution in [0.5, 0.6) is 5.75 Å². The first-order valence-corrected chi connectivity index (χ1v) is 8.38. The molecule has 0 atom stereocenters.